The molecule has 1 aromatic carbocycles. The van der Waals surface area contributed by atoms with E-state index >= 15 is 0 Å². The van der Waals surface area contributed by atoms with Crippen molar-refractivity contribution in [1.82, 2.24) is 0 Å². The van der Waals surface area contributed by atoms with Gasteiger partial charge in [0, 0.05) is 6.42 Å². The Hall–Kier alpha value is -0.860. The quantitative estimate of drug-likeness (QED) is 0.711. The van der Waals surface area contributed by atoms with Crippen LogP contribution in [0.15, 0.2) is 30.3 Å². The monoisotopic (exact) mass is 178 g/mol. The van der Waals surface area contributed by atoms with Gasteiger partial charge in [0.15, 0.2) is 6.29 Å². The molecule has 1 saturated heterocycles. The normalized spacial score (nSPS) is 28.7. The Morgan fingerprint density at radius 1 is 1.23 bits per heavy atom. The third-order valence-corrected chi connectivity index (χ3v) is 2.53. The lowest BCUT2D eigenvalue weighted by atomic mass is 9.91. The van der Waals surface area contributed by atoms with Gasteiger partial charge >= 0.3 is 0 Å². The average molecular weight is 178 g/mol. The molecule has 1 fully saturated rings. The molecule has 0 radical (unpaired) electrons. The van der Waals surface area contributed by atoms with Gasteiger partial charge in [-0.15, -0.1) is 0 Å². The number of hydrogen-bond acceptors (Lipinski definition) is 2. The van der Waals surface area contributed by atoms with E-state index in [0.717, 1.165) is 12.8 Å². The summed E-state index contributed by atoms with van der Waals surface area (Å²) in [7, 11) is 0. The van der Waals surface area contributed by atoms with Crippen LogP contribution in [0.25, 0.3) is 0 Å². The van der Waals surface area contributed by atoms with E-state index in [-0.39, 0.29) is 0 Å². The molecule has 2 atom stereocenters. The third-order valence-electron chi connectivity index (χ3n) is 2.53. The second-order valence-corrected chi connectivity index (χ2v) is 3.46. The van der Waals surface area contributed by atoms with E-state index in [9.17, 15) is 5.11 Å². The first-order chi connectivity index (χ1) is 6.36. The zero-order chi connectivity index (χ0) is 9.10. The zero-order valence-electron chi connectivity index (χ0n) is 7.52. The fourth-order valence-electron chi connectivity index (χ4n) is 1.80. The molecule has 0 saturated carbocycles. The molecular weight excluding hydrogens is 164 g/mol. The largest absolute Gasteiger partial charge is 0.368 e. The molecule has 13 heavy (non-hydrogen) atoms. The van der Waals surface area contributed by atoms with E-state index < -0.39 is 6.29 Å². The minimum Gasteiger partial charge on any atom is -0.368 e. The summed E-state index contributed by atoms with van der Waals surface area (Å²) in [6.07, 6.45) is 1.17. The first kappa shape index (κ1) is 8.73. The van der Waals surface area contributed by atoms with E-state index in [1.807, 2.05) is 18.2 Å². The number of aliphatic hydroxyl groups excluding tert-OH is 1. The van der Waals surface area contributed by atoms with Crippen molar-refractivity contribution < 1.29 is 9.84 Å². The molecule has 1 heterocycles. The van der Waals surface area contributed by atoms with Crippen LogP contribution < -0.4 is 0 Å². The van der Waals surface area contributed by atoms with Crippen LogP contribution in [0.3, 0.4) is 0 Å². The maximum atomic E-state index is 9.32. The van der Waals surface area contributed by atoms with Crippen molar-refractivity contribution in [2.75, 3.05) is 6.61 Å². The molecule has 0 spiro atoms. The van der Waals surface area contributed by atoms with Crippen LogP contribution in [0.1, 0.15) is 24.3 Å². The standard InChI is InChI=1S/C11H14O2/c12-11-8-10(6-7-13-11)9-4-2-1-3-5-9/h1-5,10-12H,6-8H2/t10-,11+/m1/s1. The lowest BCUT2D eigenvalue weighted by molar-refractivity contribution is -0.129. The summed E-state index contributed by atoms with van der Waals surface area (Å²) in [5.74, 6) is 0.463. The third kappa shape index (κ3) is 2.08. The highest BCUT2D eigenvalue weighted by atomic mass is 16.6. The van der Waals surface area contributed by atoms with Crippen molar-refractivity contribution in [1.29, 1.82) is 0 Å². The highest BCUT2D eigenvalue weighted by Gasteiger charge is 2.21. The molecule has 1 aliphatic rings. The van der Waals surface area contributed by atoms with Gasteiger partial charge in [-0.25, -0.2) is 0 Å². The number of rotatable bonds is 1. The van der Waals surface area contributed by atoms with E-state index in [0.29, 0.717) is 12.5 Å². The summed E-state index contributed by atoms with van der Waals surface area (Å²) in [5, 5.41) is 9.32. The summed E-state index contributed by atoms with van der Waals surface area (Å²) in [4.78, 5) is 0. The Balaban J connectivity index is 2.08. The zero-order valence-corrected chi connectivity index (χ0v) is 7.52. The number of aliphatic hydroxyl groups is 1. The summed E-state index contributed by atoms with van der Waals surface area (Å²) in [6, 6.07) is 10.3. The topological polar surface area (TPSA) is 29.5 Å². The van der Waals surface area contributed by atoms with Gasteiger partial charge < -0.3 is 9.84 Å². The number of hydrogen-bond donors (Lipinski definition) is 1. The Morgan fingerprint density at radius 2 is 2.00 bits per heavy atom. The van der Waals surface area contributed by atoms with Crippen molar-refractivity contribution in [3.8, 4) is 0 Å². The van der Waals surface area contributed by atoms with Crippen LogP contribution in [0, 0.1) is 0 Å². The van der Waals surface area contributed by atoms with Gasteiger partial charge in [0.05, 0.1) is 6.61 Å². The molecule has 2 heteroatoms. The lowest BCUT2D eigenvalue weighted by Gasteiger charge is -2.26. The average Bonchev–Trinajstić information content (AvgIpc) is 2.19. The smallest absolute Gasteiger partial charge is 0.155 e. The minimum atomic E-state index is -0.570. The van der Waals surface area contributed by atoms with E-state index in [1.54, 1.807) is 0 Å². The highest BCUT2D eigenvalue weighted by molar-refractivity contribution is 5.19. The van der Waals surface area contributed by atoms with Crippen LogP contribution in [0.4, 0.5) is 0 Å². The molecule has 1 aliphatic heterocycles. The van der Waals surface area contributed by atoms with Gasteiger partial charge in [0.25, 0.3) is 0 Å². The van der Waals surface area contributed by atoms with Gasteiger partial charge in [0.1, 0.15) is 0 Å². The molecule has 0 unspecified atom stereocenters. The van der Waals surface area contributed by atoms with Crippen molar-refractivity contribution in [2.24, 2.45) is 0 Å². The van der Waals surface area contributed by atoms with Crippen LogP contribution in [0.5, 0.6) is 0 Å². The second kappa shape index (κ2) is 3.90. The summed E-state index contributed by atoms with van der Waals surface area (Å²) >= 11 is 0. The van der Waals surface area contributed by atoms with E-state index in [1.165, 1.54) is 5.56 Å². The van der Waals surface area contributed by atoms with Crippen LogP contribution in [0.2, 0.25) is 0 Å². The van der Waals surface area contributed by atoms with Gasteiger partial charge in [0.2, 0.25) is 0 Å². The fourth-order valence-corrected chi connectivity index (χ4v) is 1.80. The number of benzene rings is 1. The maximum Gasteiger partial charge on any atom is 0.155 e. The van der Waals surface area contributed by atoms with Gasteiger partial charge in [-0.1, -0.05) is 30.3 Å². The molecule has 1 aromatic rings. The van der Waals surface area contributed by atoms with E-state index in [4.69, 9.17) is 4.74 Å². The van der Waals surface area contributed by atoms with Gasteiger partial charge in [-0.3, -0.25) is 0 Å². The predicted octanol–water partition coefficient (Wildman–Crippen LogP) is 1.90. The maximum absolute atomic E-state index is 9.32. The summed E-state index contributed by atoms with van der Waals surface area (Å²) in [5.41, 5.74) is 1.31. The molecular formula is C11H14O2. The predicted molar refractivity (Wildman–Crippen MR) is 50.4 cm³/mol. The Kier molecular flexibility index (Phi) is 2.62. The van der Waals surface area contributed by atoms with Crippen LogP contribution in [-0.2, 0) is 4.74 Å². The molecule has 0 amide bonds. The molecule has 2 nitrogen and oxygen atoms in total. The van der Waals surface area contributed by atoms with Crippen molar-refractivity contribution in [3.05, 3.63) is 35.9 Å². The summed E-state index contributed by atoms with van der Waals surface area (Å²) in [6.45, 7) is 0.667. The molecule has 0 bridgehead atoms. The SMILES string of the molecule is O[C@@H]1C[C@H](c2ccccc2)CCO1. The highest BCUT2D eigenvalue weighted by Crippen LogP contribution is 2.28. The lowest BCUT2D eigenvalue weighted by Crippen LogP contribution is -2.23. The molecule has 2 rings (SSSR count). The Labute approximate surface area is 78.2 Å². The van der Waals surface area contributed by atoms with Gasteiger partial charge in [-0.2, -0.15) is 0 Å². The minimum absolute atomic E-state index is 0.463. The Morgan fingerprint density at radius 3 is 2.69 bits per heavy atom. The summed E-state index contributed by atoms with van der Waals surface area (Å²) < 4.78 is 5.09. The van der Waals surface area contributed by atoms with Gasteiger partial charge in [-0.05, 0) is 17.9 Å². The molecule has 0 aromatic heterocycles. The number of ether oxygens (including phenoxy) is 1. The first-order valence-electron chi connectivity index (χ1n) is 4.71. The van der Waals surface area contributed by atoms with Crippen LogP contribution in [-0.4, -0.2) is 18.0 Å². The molecule has 0 aliphatic carbocycles. The van der Waals surface area contributed by atoms with Crippen molar-refractivity contribution in [2.45, 2.75) is 25.0 Å². The van der Waals surface area contributed by atoms with Crippen molar-refractivity contribution >= 4 is 0 Å². The van der Waals surface area contributed by atoms with Crippen molar-refractivity contribution in [3.63, 3.8) is 0 Å². The van der Waals surface area contributed by atoms with E-state index in [2.05, 4.69) is 12.1 Å². The molecule has 70 valence electrons. The second-order valence-electron chi connectivity index (χ2n) is 3.46. The fraction of sp³-hybridized carbons (Fsp3) is 0.455. The molecule has 1 N–H and O–H groups in total. The first-order valence-corrected chi connectivity index (χ1v) is 4.71. The Bertz CT molecular complexity index is 258. The van der Waals surface area contributed by atoms with Crippen LogP contribution >= 0.6 is 0 Å².